The molecule has 4 atom stereocenters. The Balaban J connectivity index is 1.27. The van der Waals surface area contributed by atoms with Crippen molar-refractivity contribution in [2.45, 2.75) is 37.7 Å². The van der Waals surface area contributed by atoms with Crippen molar-refractivity contribution in [3.8, 4) is 11.8 Å². The number of methoxy groups -OCH3 is 1. The SMILES string of the molecule is COC1C[C@H](n2cc(C#Cc3ccc4c5c6c(cccc6c6c4c3CC=C6)C=CC5)c(=O)[nH]c2=O)O[C@@H]1COP(C)(=O)O. The lowest BCUT2D eigenvalue weighted by Gasteiger charge is -2.23. The number of nitrogens with one attached hydrogen (secondary N) is 1. The van der Waals surface area contributed by atoms with E-state index in [1.165, 1.54) is 56.1 Å². The van der Waals surface area contributed by atoms with E-state index in [0.717, 1.165) is 30.6 Å². The van der Waals surface area contributed by atoms with Crippen LogP contribution >= 0.6 is 7.60 Å². The highest BCUT2D eigenvalue weighted by molar-refractivity contribution is 7.51. The fourth-order valence-electron chi connectivity index (χ4n) is 6.46. The Labute approximate surface area is 246 Å². The van der Waals surface area contributed by atoms with Gasteiger partial charge in [-0.1, -0.05) is 60.4 Å². The van der Waals surface area contributed by atoms with Crippen molar-refractivity contribution < 1.29 is 23.5 Å². The van der Waals surface area contributed by atoms with Crippen molar-refractivity contribution in [2.24, 2.45) is 0 Å². The summed E-state index contributed by atoms with van der Waals surface area (Å²) in [6.45, 7) is 0.908. The first-order chi connectivity index (χ1) is 20.7. The highest BCUT2D eigenvalue weighted by Crippen LogP contribution is 2.42. The number of fused-ring (bicyclic) bond motifs is 2. The van der Waals surface area contributed by atoms with E-state index in [2.05, 4.69) is 65.4 Å². The number of ether oxygens (including phenoxy) is 2. The van der Waals surface area contributed by atoms with Crippen LogP contribution in [0.2, 0.25) is 0 Å². The molecule has 0 spiro atoms. The first kappa shape index (κ1) is 27.8. The van der Waals surface area contributed by atoms with Gasteiger partial charge in [-0.15, -0.1) is 0 Å². The molecule has 0 radical (unpaired) electrons. The van der Waals surface area contributed by atoms with Gasteiger partial charge in [0.1, 0.15) is 17.9 Å². The van der Waals surface area contributed by atoms with E-state index < -0.39 is 37.3 Å². The maximum atomic E-state index is 12.8. The number of allylic oxidation sites excluding steroid dienone is 2. The average Bonchev–Trinajstić information content (AvgIpc) is 3.41. The van der Waals surface area contributed by atoms with Gasteiger partial charge < -0.3 is 18.9 Å². The zero-order valence-corrected chi connectivity index (χ0v) is 24.5. The summed E-state index contributed by atoms with van der Waals surface area (Å²) in [6, 6.07) is 10.6. The molecule has 43 heavy (non-hydrogen) atoms. The monoisotopic (exact) mass is 596 g/mol. The molecule has 2 unspecified atom stereocenters. The van der Waals surface area contributed by atoms with Crippen LogP contribution in [0, 0.1) is 11.8 Å². The average molecular weight is 597 g/mol. The van der Waals surface area contributed by atoms with Crippen molar-refractivity contribution >= 4 is 41.3 Å². The molecule has 0 amide bonds. The third-order valence-electron chi connectivity index (χ3n) is 8.39. The molecular weight excluding hydrogens is 567 g/mol. The molecule has 4 aromatic rings. The number of rotatable bonds is 5. The summed E-state index contributed by atoms with van der Waals surface area (Å²) in [6.07, 6.45) is 10.1. The topological polar surface area (TPSA) is 120 Å². The van der Waals surface area contributed by atoms with Gasteiger partial charge in [0.05, 0.1) is 12.7 Å². The van der Waals surface area contributed by atoms with Crippen LogP contribution in [0.5, 0.6) is 0 Å². The molecule has 0 bridgehead atoms. The Morgan fingerprint density at radius 1 is 1.05 bits per heavy atom. The van der Waals surface area contributed by atoms with Gasteiger partial charge in [0, 0.05) is 32.0 Å². The van der Waals surface area contributed by atoms with Gasteiger partial charge in [-0.05, 0) is 62.7 Å². The Morgan fingerprint density at radius 3 is 2.65 bits per heavy atom. The molecule has 3 aromatic carbocycles. The maximum absolute atomic E-state index is 12.8. The molecule has 2 N–H and O–H groups in total. The zero-order chi connectivity index (χ0) is 29.9. The molecule has 10 heteroatoms. The Kier molecular flexibility index (Phi) is 6.85. The molecule has 7 rings (SSSR count). The van der Waals surface area contributed by atoms with Crippen LogP contribution in [0.4, 0.5) is 0 Å². The molecule has 2 aliphatic carbocycles. The van der Waals surface area contributed by atoms with E-state index in [4.69, 9.17) is 14.0 Å². The van der Waals surface area contributed by atoms with Gasteiger partial charge in [-0.25, -0.2) is 4.79 Å². The minimum atomic E-state index is -3.72. The minimum Gasteiger partial charge on any atom is -0.378 e. The fraction of sp³-hybridized carbons (Fsp3) is 0.273. The minimum absolute atomic E-state index is 0.118. The highest BCUT2D eigenvalue weighted by atomic mass is 31.2. The summed E-state index contributed by atoms with van der Waals surface area (Å²) in [5.74, 6) is 6.21. The van der Waals surface area contributed by atoms with E-state index in [9.17, 15) is 19.0 Å². The number of aromatic amines is 1. The zero-order valence-electron chi connectivity index (χ0n) is 23.6. The van der Waals surface area contributed by atoms with Crippen LogP contribution in [0.1, 0.15) is 46.0 Å². The second-order valence-corrected chi connectivity index (χ2v) is 13.0. The Morgan fingerprint density at radius 2 is 1.84 bits per heavy atom. The molecule has 0 saturated carbocycles. The molecule has 1 aromatic heterocycles. The van der Waals surface area contributed by atoms with Crippen molar-refractivity contribution in [3.63, 3.8) is 0 Å². The lowest BCUT2D eigenvalue weighted by atomic mass is 9.81. The van der Waals surface area contributed by atoms with Crippen molar-refractivity contribution in [1.82, 2.24) is 9.55 Å². The van der Waals surface area contributed by atoms with E-state index in [1.807, 2.05) is 6.07 Å². The first-order valence-electron chi connectivity index (χ1n) is 14.1. The molecule has 2 heterocycles. The van der Waals surface area contributed by atoms with Gasteiger partial charge in [0.2, 0.25) is 0 Å². The van der Waals surface area contributed by atoms with Crippen LogP contribution in [0.15, 0.2) is 58.3 Å². The smallest absolute Gasteiger partial charge is 0.330 e. The first-order valence-corrected chi connectivity index (χ1v) is 16.1. The summed E-state index contributed by atoms with van der Waals surface area (Å²) in [5.41, 5.74) is 4.56. The highest BCUT2D eigenvalue weighted by Gasteiger charge is 2.38. The van der Waals surface area contributed by atoms with Crippen molar-refractivity contribution in [3.05, 3.63) is 103 Å². The van der Waals surface area contributed by atoms with E-state index in [1.54, 1.807) is 0 Å². The Hall–Kier alpha value is -4.03. The summed E-state index contributed by atoms with van der Waals surface area (Å²) in [4.78, 5) is 37.4. The summed E-state index contributed by atoms with van der Waals surface area (Å²) < 4.78 is 29.3. The molecule has 1 aliphatic heterocycles. The summed E-state index contributed by atoms with van der Waals surface area (Å²) >= 11 is 0. The molecule has 1 fully saturated rings. The predicted molar refractivity (Wildman–Crippen MR) is 165 cm³/mol. The molecule has 9 nitrogen and oxygen atoms in total. The van der Waals surface area contributed by atoms with Crippen LogP contribution in [-0.2, 0) is 31.4 Å². The largest absolute Gasteiger partial charge is 0.378 e. The molecule has 218 valence electrons. The predicted octanol–water partition coefficient (Wildman–Crippen LogP) is 4.52. The number of aromatic nitrogens is 2. The summed E-state index contributed by atoms with van der Waals surface area (Å²) in [7, 11) is -2.23. The second-order valence-electron chi connectivity index (χ2n) is 11.1. The maximum Gasteiger partial charge on any atom is 0.330 e. The fourth-order valence-corrected chi connectivity index (χ4v) is 6.89. The van der Waals surface area contributed by atoms with Gasteiger partial charge in [-0.3, -0.25) is 18.9 Å². The van der Waals surface area contributed by atoms with Crippen molar-refractivity contribution in [1.29, 1.82) is 0 Å². The lowest BCUT2D eigenvalue weighted by Crippen LogP contribution is -2.33. The molecule has 3 aliphatic rings. The second kappa shape index (κ2) is 10.6. The van der Waals surface area contributed by atoms with Gasteiger partial charge >= 0.3 is 13.3 Å². The van der Waals surface area contributed by atoms with Crippen LogP contribution < -0.4 is 11.2 Å². The standard InChI is InChI=1S/C33H29N2O7P/c1-40-27-16-29(42-28(27)18-41-43(2,38)39)35-17-21(32(36)34-33(35)37)13-12-19-14-15-26-24-10-4-7-20-6-3-9-23(30(20)24)25-11-5-8-22(19)31(25)26/h3-7,9,11,14-15,17,27-29H,8,10,16,18H2,1-2H3,(H,38,39)(H,34,36,37)/t27?,28-,29-/m1/s1. The number of benzene rings is 3. The number of nitrogens with zero attached hydrogens (tertiary/aromatic N) is 1. The van der Waals surface area contributed by atoms with E-state index in [-0.39, 0.29) is 18.6 Å². The molecular formula is C33H29N2O7P. The normalized spacial score (nSPS) is 21.6. The van der Waals surface area contributed by atoms with E-state index >= 15 is 0 Å². The van der Waals surface area contributed by atoms with Crippen LogP contribution in [0.25, 0.3) is 33.7 Å². The van der Waals surface area contributed by atoms with Gasteiger partial charge in [0.15, 0.2) is 0 Å². The summed E-state index contributed by atoms with van der Waals surface area (Å²) in [5, 5.41) is 4.95. The third-order valence-corrected chi connectivity index (χ3v) is 9.02. The van der Waals surface area contributed by atoms with Crippen molar-refractivity contribution in [2.75, 3.05) is 20.4 Å². The number of hydrogen-bond acceptors (Lipinski definition) is 6. The van der Waals surface area contributed by atoms with Crippen LogP contribution in [0.3, 0.4) is 0 Å². The molecule has 1 saturated heterocycles. The van der Waals surface area contributed by atoms with Gasteiger partial charge in [-0.2, -0.15) is 0 Å². The number of H-pyrrole nitrogens is 1. The third kappa shape index (κ3) is 4.92. The Bertz CT molecular complexity index is 2110. The lowest BCUT2D eigenvalue weighted by molar-refractivity contribution is -0.0498. The van der Waals surface area contributed by atoms with Crippen LogP contribution in [-0.4, -0.2) is 47.0 Å². The number of hydrogen-bond donors (Lipinski definition) is 2. The van der Waals surface area contributed by atoms with Gasteiger partial charge in [0.25, 0.3) is 5.56 Å². The van der Waals surface area contributed by atoms with E-state index in [0.29, 0.717) is 0 Å². The quantitative estimate of drug-likeness (QED) is 0.198.